The molecule has 4 nitrogen and oxygen atoms in total. The number of halogens is 2. The Bertz CT molecular complexity index is 741. The Morgan fingerprint density at radius 1 is 1.15 bits per heavy atom. The maximum atomic E-state index is 6.39. The van der Waals surface area contributed by atoms with Gasteiger partial charge in [-0.2, -0.15) is 0 Å². The van der Waals surface area contributed by atoms with Crippen molar-refractivity contribution in [3.05, 3.63) is 58.1 Å². The fourth-order valence-corrected chi connectivity index (χ4v) is 3.31. The zero-order valence-corrected chi connectivity index (χ0v) is 16.5. The van der Waals surface area contributed by atoms with Gasteiger partial charge in [-0.15, -0.1) is 0 Å². The van der Waals surface area contributed by atoms with Gasteiger partial charge in [0.05, 0.1) is 23.3 Å². The highest BCUT2D eigenvalue weighted by atomic mass is 35.5. The van der Waals surface area contributed by atoms with Crippen LogP contribution >= 0.6 is 23.2 Å². The lowest BCUT2D eigenvalue weighted by Gasteiger charge is -2.35. The summed E-state index contributed by atoms with van der Waals surface area (Å²) in [6.07, 6.45) is -0.449. The van der Waals surface area contributed by atoms with E-state index < -0.39 is 0 Å². The molecule has 1 heterocycles. The summed E-state index contributed by atoms with van der Waals surface area (Å²) in [4.78, 5) is 2.23. The Morgan fingerprint density at radius 2 is 1.92 bits per heavy atom. The molecule has 2 unspecified atom stereocenters. The van der Waals surface area contributed by atoms with Crippen LogP contribution in [0, 0.1) is 0 Å². The van der Waals surface area contributed by atoms with Crippen molar-refractivity contribution in [2.75, 3.05) is 33.4 Å². The van der Waals surface area contributed by atoms with E-state index in [1.807, 2.05) is 43.3 Å². The molecule has 0 spiro atoms. The predicted molar refractivity (Wildman–Crippen MR) is 105 cm³/mol. The molecule has 0 aromatic heterocycles. The number of hydrogen-bond donors (Lipinski definition) is 0. The minimum Gasteiger partial charge on any atom is -0.490 e. The Morgan fingerprint density at radius 3 is 2.62 bits per heavy atom. The highest BCUT2D eigenvalue weighted by Crippen LogP contribution is 2.36. The molecule has 1 saturated heterocycles. The van der Waals surface area contributed by atoms with Crippen molar-refractivity contribution in [1.82, 2.24) is 4.90 Å². The average molecular weight is 396 g/mol. The van der Waals surface area contributed by atoms with E-state index in [1.165, 1.54) is 0 Å². The average Bonchev–Trinajstić information content (AvgIpc) is 2.63. The lowest BCUT2D eigenvalue weighted by atomic mass is 10.0. The van der Waals surface area contributed by atoms with E-state index in [9.17, 15) is 0 Å². The number of rotatable bonds is 6. The first-order valence-corrected chi connectivity index (χ1v) is 9.47. The molecule has 6 heteroatoms. The van der Waals surface area contributed by atoms with Crippen LogP contribution in [0.5, 0.6) is 11.5 Å². The molecule has 0 aliphatic carbocycles. The lowest BCUT2D eigenvalue weighted by molar-refractivity contribution is -0.0764. The van der Waals surface area contributed by atoms with Crippen molar-refractivity contribution in [2.24, 2.45) is 0 Å². The van der Waals surface area contributed by atoms with Crippen LogP contribution in [-0.2, 0) is 4.74 Å². The van der Waals surface area contributed by atoms with E-state index in [2.05, 4.69) is 11.9 Å². The number of nitrogens with zero attached hydrogens (tertiary/aromatic N) is 1. The van der Waals surface area contributed by atoms with Gasteiger partial charge in [0, 0.05) is 13.1 Å². The van der Waals surface area contributed by atoms with Gasteiger partial charge in [-0.1, -0.05) is 41.4 Å². The largest absolute Gasteiger partial charge is 0.490 e. The van der Waals surface area contributed by atoms with Crippen molar-refractivity contribution >= 4 is 23.2 Å². The number of benzene rings is 2. The standard InChI is InChI=1S/C20H23Cl2NO3/c1-3-24-17-6-4-5-7-18(17)26-20(19-13-23(2)10-11-25-19)14-8-9-15(21)16(22)12-14/h4-9,12,19-20H,3,10-11,13H2,1-2H3. The number of ether oxygens (including phenoxy) is 3. The van der Waals surface area contributed by atoms with Crippen LogP contribution in [0.3, 0.4) is 0 Å². The van der Waals surface area contributed by atoms with Gasteiger partial charge < -0.3 is 19.1 Å². The van der Waals surface area contributed by atoms with Crippen LogP contribution in [0.15, 0.2) is 42.5 Å². The van der Waals surface area contributed by atoms with Gasteiger partial charge in [0.25, 0.3) is 0 Å². The van der Waals surface area contributed by atoms with Gasteiger partial charge in [-0.3, -0.25) is 0 Å². The van der Waals surface area contributed by atoms with Crippen LogP contribution in [0.25, 0.3) is 0 Å². The van der Waals surface area contributed by atoms with Crippen molar-refractivity contribution in [3.8, 4) is 11.5 Å². The van der Waals surface area contributed by atoms with E-state index in [4.69, 9.17) is 37.4 Å². The molecule has 26 heavy (non-hydrogen) atoms. The molecule has 1 aliphatic heterocycles. The summed E-state index contributed by atoms with van der Waals surface area (Å²) in [5.41, 5.74) is 0.922. The predicted octanol–water partition coefficient (Wildman–Crippen LogP) is 4.84. The summed E-state index contributed by atoms with van der Waals surface area (Å²) in [5.74, 6) is 1.39. The SMILES string of the molecule is CCOc1ccccc1OC(c1ccc(Cl)c(Cl)c1)C1CN(C)CCO1. The summed E-state index contributed by atoms with van der Waals surface area (Å²) >= 11 is 12.3. The second-order valence-corrected chi connectivity index (χ2v) is 7.08. The zero-order valence-electron chi connectivity index (χ0n) is 15.0. The van der Waals surface area contributed by atoms with Crippen LogP contribution in [0.2, 0.25) is 10.0 Å². The Labute approximate surface area is 164 Å². The summed E-state index contributed by atoms with van der Waals surface area (Å²) < 4.78 is 18.1. The summed E-state index contributed by atoms with van der Waals surface area (Å²) in [7, 11) is 2.08. The number of hydrogen-bond acceptors (Lipinski definition) is 4. The molecule has 1 fully saturated rings. The molecule has 140 valence electrons. The highest BCUT2D eigenvalue weighted by molar-refractivity contribution is 6.42. The lowest BCUT2D eigenvalue weighted by Crippen LogP contribution is -2.44. The van der Waals surface area contributed by atoms with E-state index in [0.717, 1.165) is 18.7 Å². The summed E-state index contributed by atoms with van der Waals surface area (Å²) in [6, 6.07) is 13.2. The van der Waals surface area contributed by atoms with Crippen molar-refractivity contribution in [3.63, 3.8) is 0 Å². The Balaban J connectivity index is 1.93. The van der Waals surface area contributed by atoms with Gasteiger partial charge in [-0.25, -0.2) is 0 Å². The Kier molecular flexibility index (Phi) is 6.65. The monoisotopic (exact) mass is 395 g/mol. The molecular formula is C20H23Cl2NO3. The van der Waals surface area contributed by atoms with E-state index in [0.29, 0.717) is 34.8 Å². The molecule has 2 aromatic carbocycles. The molecule has 0 N–H and O–H groups in total. The molecule has 2 aromatic rings. The molecule has 2 atom stereocenters. The molecule has 1 aliphatic rings. The first-order chi connectivity index (χ1) is 12.6. The smallest absolute Gasteiger partial charge is 0.162 e. The van der Waals surface area contributed by atoms with Crippen molar-refractivity contribution in [2.45, 2.75) is 19.1 Å². The third-order valence-corrected chi connectivity index (χ3v) is 5.05. The normalized spacial score (nSPS) is 19.2. The van der Waals surface area contributed by atoms with Crippen LogP contribution in [0.4, 0.5) is 0 Å². The molecule has 0 saturated carbocycles. The zero-order chi connectivity index (χ0) is 18.5. The van der Waals surface area contributed by atoms with E-state index in [-0.39, 0.29) is 12.2 Å². The summed E-state index contributed by atoms with van der Waals surface area (Å²) in [6.45, 7) is 4.85. The van der Waals surface area contributed by atoms with Crippen molar-refractivity contribution in [1.29, 1.82) is 0 Å². The van der Waals surface area contributed by atoms with E-state index in [1.54, 1.807) is 6.07 Å². The molecule has 0 amide bonds. The van der Waals surface area contributed by atoms with Crippen LogP contribution in [-0.4, -0.2) is 44.4 Å². The Hall–Kier alpha value is -1.46. The van der Waals surface area contributed by atoms with Gasteiger partial charge in [0.1, 0.15) is 6.10 Å². The second kappa shape index (κ2) is 8.96. The quantitative estimate of drug-likeness (QED) is 0.699. The second-order valence-electron chi connectivity index (χ2n) is 6.26. The summed E-state index contributed by atoms with van der Waals surface area (Å²) in [5, 5.41) is 1.02. The topological polar surface area (TPSA) is 30.9 Å². The molecule has 0 radical (unpaired) electrons. The van der Waals surface area contributed by atoms with E-state index >= 15 is 0 Å². The minimum atomic E-state index is -0.325. The molecule has 0 bridgehead atoms. The van der Waals surface area contributed by atoms with Crippen molar-refractivity contribution < 1.29 is 14.2 Å². The first kappa shape index (κ1) is 19.3. The fraction of sp³-hybridized carbons (Fsp3) is 0.400. The maximum absolute atomic E-state index is 6.39. The minimum absolute atomic E-state index is 0.124. The first-order valence-electron chi connectivity index (χ1n) is 8.72. The number of morpholine rings is 1. The maximum Gasteiger partial charge on any atom is 0.162 e. The number of likely N-dealkylation sites (N-methyl/N-ethyl adjacent to an activating group) is 1. The van der Waals surface area contributed by atoms with Gasteiger partial charge >= 0.3 is 0 Å². The van der Waals surface area contributed by atoms with Gasteiger partial charge in [-0.05, 0) is 43.8 Å². The van der Waals surface area contributed by atoms with Crippen LogP contribution < -0.4 is 9.47 Å². The van der Waals surface area contributed by atoms with Gasteiger partial charge in [0.2, 0.25) is 0 Å². The molecular weight excluding hydrogens is 373 g/mol. The number of para-hydroxylation sites is 2. The van der Waals surface area contributed by atoms with Gasteiger partial charge in [0.15, 0.2) is 17.6 Å². The van der Waals surface area contributed by atoms with Crippen LogP contribution in [0.1, 0.15) is 18.6 Å². The third-order valence-electron chi connectivity index (χ3n) is 4.31. The molecule has 3 rings (SSSR count). The third kappa shape index (κ3) is 4.63. The highest BCUT2D eigenvalue weighted by Gasteiger charge is 2.31. The fourth-order valence-electron chi connectivity index (χ4n) is 3.00.